The predicted molar refractivity (Wildman–Crippen MR) is 77.0 cm³/mol. The number of hydrogen-bond acceptors (Lipinski definition) is 3. The molecule has 3 nitrogen and oxygen atoms in total. The average molecular weight is 251 g/mol. The highest BCUT2D eigenvalue weighted by Crippen LogP contribution is 2.23. The van der Waals surface area contributed by atoms with E-state index in [1.54, 1.807) is 0 Å². The molecule has 1 heterocycles. The molecule has 0 N–H and O–H groups in total. The molecular formula is C16H17N3. The van der Waals surface area contributed by atoms with E-state index in [1.165, 1.54) is 5.56 Å². The standard InChI is InChI=1S/C16H17N3/c1-12-9-16(15(10-17)13(2)18-12)19(3)11-14-7-5-4-6-8-14/h4-9H,11H2,1-3H3. The van der Waals surface area contributed by atoms with Crippen molar-refractivity contribution in [1.82, 2.24) is 4.98 Å². The average Bonchev–Trinajstić information content (AvgIpc) is 2.39. The van der Waals surface area contributed by atoms with Gasteiger partial charge in [0.1, 0.15) is 6.07 Å². The molecule has 0 spiro atoms. The molecule has 0 amide bonds. The lowest BCUT2D eigenvalue weighted by Gasteiger charge is -2.21. The van der Waals surface area contributed by atoms with Gasteiger partial charge in [-0.3, -0.25) is 4.98 Å². The summed E-state index contributed by atoms with van der Waals surface area (Å²) >= 11 is 0. The normalized spacial score (nSPS) is 10.0. The van der Waals surface area contributed by atoms with Gasteiger partial charge >= 0.3 is 0 Å². The molecule has 0 aliphatic heterocycles. The molecule has 0 saturated carbocycles. The summed E-state index contributed by atoms with van der Waals surface area (Å²) in [6.45, 7) is 4.61. The molecule has 0 aliphatic carbocycles. The monoisotopic (exact) mass is 251 g/mol. The summed E-state index contributed by atoms with van der Waals surface area (Å²) in [6.07, 6.45) is 0. The zero-order valence-electron chi connectivity index (χ0n) is 11.5. The first-order valence-corrected chi connectivity index (χ1v) is 6.25. The van der Waals surface area contributed by atoms with Crippen molar-refractivity contribution >= 4 is 5.69 Å². The Labute approximate surface area is 114 Å². The van der Waals surface area contributed by atoms with E-state index in [2.05, 4.69) is 28.1 Å². The molecular weight excluding hydrogens is 234 g/mol. The number of benzene rings is 1. The summed E-state index contributed by atoms with van der Waals surface area (Å²) in [6, 6.07) is 14.4. The van der Waals surface area contributed by atoms with E-state index in [-0.39, 0.29) is 0 Å². The fourth-order valence-electron chi connectivity index (χ4n) is 2.19. The smallest absolute Gasteiger partial charge is 0.103 e. The van der Waals surface area contributed by atoms with Gasteiger partial charge in [-0.05, 0) is 25.5 Å². The second-order valence-corrected chi connectivity index (χ2v) is 4.70. The molecule has 0 fully saturated rings. The molecule has 0 unspecified atom stereocenters. The van der Waals surface area contributed by atoms with Crippen LogP contribution < -0.4 is 4.90 Å². The van der Waals surface area contributed by atoms with Crippen molar-refractivity contribution in [2.24, 2.45) is 0 Å². The number of nitriles is 1. The Balaban J connectivity index is 2.34. The van der Waals surface area contributed by atoms with E-state index in [9.17, 15) is 5.26 Å². The molecule has 0 atom stereocenters. The van der Waals surface area contributed by atoms with Gasteiger partial charge in [-0.25, -0.2) is 0 Å². The van der Waals surface area contributed by atoms with Crippen molar-refractivity contribution in [3.63, 3.8) is 0 Å². The fraction of sp³-hybridized carbons (Fsp3) is 0.250. The minimum absolute atomic E-state index is 0.657. The predicted octanol–water partition coefficient (Wildman–Crippen LogP) is 3.21. The number of hydrogen-bond donors (Lipinski definition) is 0. The number of aryl methyl sites for hydroxylation is 2. The highest BCUT2D eigenvalue weighted by molar-refractivity contribution is 5.61. The van der Waals surface area contributed by atoms with Crippen molar-refractivity contribution in [1.29, 1.82) is 5.26 Å². The quantitative estimate of drug-likeness (QED) is 0.841. The summed E-state index contributed by atoms with van der Waals surface area (Å²) in [4.78, 5) is 6.44. The van der Waals surface area contributed by atoms with Gasteiger partial charge in [0.2, 0.25) is 0 Å². The summed E-state index contributed by atoms with van der Waals surface area (Å²) in [5, 5.41) is 9.29. The van der Waals surface area contributed by atoms with Crippen molar-refractivity contribution < 1.29 is 0 Å². The lowest BCUT2D eigenvalue weighted by molar-refractivity contribution is 0.911. The van der Waals surface area contributed by atoms with Crippen LogP contribution in [-0.2, 0) is 6.54 Å². The Morgan fingerprint density at radius 1 is 1.21 bits per heavy atom. The molecule has 1 aromatic carbocycles. The number of nitrogens with zero attached hydrogens (tertiary/aromatic N) is 3. The lowest BCUT2D eigenvalue weighted by atomic mass is 10.1. The lowest BCUT2D eigenvalue weighted by Crippen LogP contribution is -2.18. The molecule has 1 aromatic heterocycles. The largest absolute Gasteiger partial charge is 0.369 e. The van der Waals surface area contributed by atoms with Gasteiger partial charge in [0.05, 0.1) is 16.9 Å². The van der Waals surface area contributed by atoms with Crippen LogP contribution in [0, 0.1) is 25.2 Å². The van der Waals surface area contributed by atoms with Crippen LogP contribution in [0.3, 0.4) is 0 Å². The number of aromatic nitrogens is 1. The molecule has 2 rings (SSSR count). The fourth-order valence-corrected chi connectivity index (χ4v) is 2.19. The highest BCUT2D eigenvalue weighted by atomic mass is 15.1. The molecule has 2 aromatic rings. The van der Waals surface area contributed by atoms with E-state index >= 15 is 0 Å². The maximum absolute atomic E-state index is 9.29. The zero-order chi connectivity index (χ0) is 13.8. The van der Waals surface area contributed by atoms with E-state index in [0.29, 0.717) is 5.56 Å². The van der Waals surface area contributed by atoms with Gasteiger partial charge in [-0.1, -0.05) is 30.3 Å². The van der Waals surface area contributed by atoms with Gasteiger partial charge in [-0.15, -0.1) is 0 Å². The van der Waals surface area contributed by atoms with E-state index < -0.39 is 0 Å². The maximum Gasteiger partial charge on any atom is 0.103 e. The van der Waals surface area contributed by atoms with Crippen molar-refractivity contribution in [2.75, 3.05) is 11.9 Å². The van der Waals surface area contributed by atoms with Crippen LogP contribution in [0.1, 0.15) is 22.5 Å². The molecule has 0 radical (unpaired) electrons. The molecule has 3 heteroatoms. The van der Waals surface area contributed by atoms with Gasteiger partial charge in [0, 0.05) is 19.3 Å². The summed E-state index contributed by atoms with van der Waals surface area (Å²) in [5.74, 6) is 0. The van der Waals surface area contributed by atoms with Crippen LogP contribution >= 0.6 is 0 Å². The van der Waals surface area contributed by atoms with E-state index in [1.807, 2.05) is 45.2 Å². The zero-order valence-corrected chi connectivity index (χ0v) is 11.5. The Morgan fingerprint density at radius 3 is 2.53 bits per heavy atom. The Bertz CT molecular complexity index is 612. The van der Waals surface area contributed by atoms with E-state index in [4.69, 9.17) is 0 Å². The van der Waals surface area contributed by atoms with Crippen molar-refractivity contribution in [3.05, 3.63) is 58.9 Å². The van der Waals surface area contributed by atoms with Crippen LogP contribution in [-0.4, -0.2) is 12.0 Å². The number of pyridine rings is 1. The second kappa shape index (κ2) is 5.53. The first-order valence-electron chi connectivity index (χ1n) is 6.25. The van der Waals surface area contributed by atoms with Gasteiger partial charge in [-0.2, -0.15) is 5.26 Å². The van der Waals surface area contributed by atoms with Gasteiger partial charge in [0.15, 0.2) is 0 Å². The Morgan fingerprint density at radius 2 is 1.89 bits per heavy atom. The summed E-state index contributed by atoms with van der Waals surface area (Å²) in [5.41, 5.74) is 4.55. The molecule has 0 bridgehead atoms. The number of anilines is 1. The summed E-state index contributed by atoms with van der Waals surface area (Å²) in [7, 11) is 2.00. The Hall–Kier alpha value is -2.34. The van der Waals surface area contributed by atoms with Crippen LogP contribution in [0.25, 0.3) is 0 Å². The molecule has 0 saturated heterocycles. The highest BCUT2D eigenvalue weighted by Gasteiger charge is 2.12. The van der Waals surface area contributed by atoms with Gasteiger partial charge < -0.3 is 4.90 Å². The van der Waals surface area contributed by atoms with Crippen LogP contribution in [0.15, 0.2) is 36.4 Å². The van der Waals surface area contributed by atoms with Crippen molar-refractivity contribution in [3.8, 4) is 6.07 Å². The number of rotatable bonds is 3. The minimum Gasteiger partial charge on any atom is -0.369 e. The van der Waals surface area contributed by atoms with Crippen LogP contribution in [0.5, 0.6) is 0 Å². The second-order valence-electron chi connectivity index (χ2n) is 4.70. The maximum atomic E-state index is 9.29. The summed E-state index contributed by atoms with van der Waals surface area (Å²) < 4.78 is 0. The van der Waals surface area contributed by atoms with Gasteiger partial charge in [0.25, 0.3) is 0 Å². The third kappa shape index (κ3) is 2.92. The van der Waals surface area contributed by atoms with E-state index in [0.717, 1.165) is 23.6 Å². The third-order valence-corrected chi connectivity index (χ3v) is 3.09. The topological polar surface area (TPSA) is 39.9 Å². The molecule has 19 heavy (non-hydrogen) atoms. The molecule has 0 aliphatic rings. The Kier molecular flexibility index (Phi) is 3.82. The van der Waals surface area contributed by atoms with Crippen molar-refractivity contribution in [2.45, 2.75) is 20.4 Å². The van der Waals surface area contributed by atoms with Crippen LogP contribution in [0.4, 0.5) is 5.69 Å². The molecule has 96 valence electrons. The van der Waals surface area contributed by atoms with Crippen LogP contribution in [0.2, 0.25) is 0 Å². The first-order chi connectivity index (χ1) is 9.11. The third-order valence-electron chi connectivity index (χ3n) is 3.09. The minimum atomic E-state index is 0.657. The first kappa shape index (κ1) is 13.1. The SMILES string of the molecule is Cc1cc(N(C)Cc2ccccc2)c(C#N)c(C)n1.